The van der Waals surface area contributed by atoms with Crippen LogP contribution in [0.25, 0.3) is 0 Å². The molecule has 1 N–H and O–H groups in total. The zero-order valence-corrected chi connectivity index (χ0v) is 16.9. The molecule has 0 aliphatic heterocycles. The van der Waals surface area contributed by atoms with Crippen molar-refractivity contribution >= 4 is 29.3 Å². The number of hydrogen-bond acceptors (Lipinski definition) is 5. The van der Waals surface area contributed by atoms with Crippen molar-refractivity contribution in [2.45, 2.75) is 49.8 Å². The lowest BCUT2D eigenvalue weighted by molar-refractivity contribution is -0.144. The molecule has 0 bridgehead atoms. The lowest BCUT2D eigenvalue weighted by atomic mass is 9.90. The Morgan fingerprint density at radius 3 is 2.80 bits per heavy atom. The molecule has 1 aliphatic carbocycles. The summed E-state index contributed by atoms with van der Waals surface area (Å²) in [5, 5.41) is 4.15. The van der Waals surface area contributed by atoms with Crippen LogP contribution in [0.15, 0.2) is 29.3 Å². The average molecular weight is 441 g/mol. The molecule has 1 unspecified atom stereocenters. The fourth-order valence-electron chi connectivity index (χ4n) is 3.41. The van der Waals surface area contributed by atoms with Crippen LogP contribution < -0.4 is 10.2 Å². The molecule has 0 fully saturated rings. The highest BCUT2D eigenvalue weighted by atomic mass is 32.2. The van der Waals surface area contributed by atoms with Gasteiger partial charge in [0, 0.05) is 16.8 Å². The monoisotopic (exact) mass is 441 g/mol. The Morgan fingerprint density at radius 1 is 1.40 bits per heavy atom. The number of nitrogens with one attached hydrogen (secondary N) is 1. The van der Waals surface area contributed by atoms with E-state index in [9.17, 15) is 26.4 Å². The third-order valence-corrected chi connectivity index (χ3v) is 6.25. The zero-order valence-electron chi connectivity index (χ0n) is 16.1. The molecule has 7 nitrogen and oxygen atoms in total. The molecule has 3 rings (SSSR count). The number of rotatable bonds is 6. The van der Waals surface area contributed by atoms with Crippen LogP contribution >= 0.6 is 0 Å². The Hall–Kier alpha value is -2.34. The lowest BCUT2D eigenvalue weighted by Gasteiger charge is -2.24. The van der Waals surface area contributed by atoms with Crippen molar-refractivity contribution in [1.82, 2.24) is 14.5 Å². The summed E-state index contributed by atoms with van der Waals surface area (Å²) in [5.74, 6) is -0.465. The van der Waals surface area contributed by atoms with Gasteiger partial charge in [-0.3, -0.25) is 9.48 Å². The maximum Gasteiger partial charge on any atom is 0.415 e. The summed E-state index contributed by atoms with van der Waals surface area (Å²) in [5.41, 5.74) is -0.491. The number of nitrogens with zero attached hydrogens (tertiary/aromatic N) is 2. The summed E-state index contributed by atoms with van der Waals surface area (Å²) in [4.78, 5) is 11.2. The van der Waals surface area contributed by atoms with Gasteiger partial charge in [0.15, 0.2) is 0 Å². The number of carbonyl (C=O) groups excluding carboxylic acids is 1. The van der Waals surface area contributed by atoms with E-state index < -0.39 is 44.1 Å². The highest BCUT2D eigenvalue weighted by Crippen LogP contribution is 2.32. The average Bonchev–Trinajstić information content (AvgIpc) is 3.05. The number of sulfonamides is 1. The van der Waals surface area contributed by atoms with Crippen molar-refractivity contribution in [3.05, 3.63) is 41.2 Å². The molecule has 0 saturated heterocycles. The number of benzene rings is 1. The minimum atomic E-state index is -4.78. The fourth-order valence-corrected chi connectivity index (χ4v) is 4.69. The molecule has 0 amide bonds. The molecular weight excluding hydrogens is 422 g/mol. The van der Waals surface area contributed by atoms with E-state index in [0.717, 1.165) is 12.1 Å². The van der Waals surface area contributed by atoms with E-state index in [0.29, 0.717) is 36.6 Å². The molecule has 1 heterocycles. The number of hydrogen-bond donors (Lipinski definition) is 1. The summed E-state index contributed by atoms with van der Waals surface area (Å²) in [7, 11) is 1.09. The fraction of sp³-hybridized carbons (Fsp3) is 0.444. The maximum absolute atomic E-state index is 13.1. The van der Waals surface area contributed by atoms with E-state index in [1.165, 1.54) is 10.9 Å². The van der Waals surface area contributed by atoms with Crippen LogP contribution in [0, 0.1) is 0 Å². The first-order valence-corrected chi connectivity index (χ1v) is 10.7. The maximum atomic E-state index is 13.1. The van der Waals surface area contributed by atoms with Crippen LogP contribution in [0.1, 0.15) is 42.6 Å². The minimum absolute atomic E-state index is 0.102. The first-order chi connectivity index (χ1) is 14.0. The second-order valence-electron chi connectivity index (χ2n) is 6.82. The second-order valence-corrected chi connectivity index (χ2v) is 8.54. The van der Waals surface area contributed by atoms with E-state index in [2.05, 4.69) is 9.82 Å². The van der Waals surface area contributed by atoms with Crippen molar-refractivity contribution in [2.75, 3.05) is 6.61 Å². The molecule has 1 aromatic carbocycles. The van der Waals surface area contributed by atoms with Gasteiger partial charge < -0.3 is 4.74 Å². The molecule has 12 heteroatoms. The van der Waals surface area contributed by atoms with Crippen molar-refractivity contribution in [3.8, 4) is 0 Å². The summed E-state index contributed by atoms with van der Waals surface area (Å²) in [6, 6.07) is 1.79. The minimum Gasteiger partial charge on any atom is -0.465 e. The predicted octanol–water partition coefficient (Wildman–Crippen LogP) is 1.61. The van der Waals surface area contributed by atoms with Gasteiger partial charge in [-0.05, 0) is 38.3 Å². The second kappa shape index (κ2) is 8.42. The number of esters is 1. The highest BCUT2D eigenvalue weighted by molar-refractivity contribution is 7.89. The summed E-state index contributed by atoms with van der Waals surface area (Å²) < 4.78 is 73.6. The molecule has 1 aliphatic rings. The first-order valence-electron chi connectivity index (χ1n) is 9.22. The number of fused-ring (bicyclic) bond motifs is 1. The van der Waals surface area contributed by atoms with E-state index in [4.69, 9.17) is 12.6 Å². The van der Waals surface area contributed by atoms with Gasteiger partial charge in [0.2, 0.25) is 10.0 Å². The van der Waals surface area contributed by atoms with Crippen LogP contribution in [0.3, 0.4) is 0 Å². The topological polar surface area (TPSA) is 90.3 Å². The molecule has 160 valence electrons. The highest BCUT2D eigenvalue weighted by Gasteiger charge is 2.34. The first kappa shape index (κ1) is 22.4. The van der Waals surface area contributed by atoms with Crippen LogP contribution in [0.4, 0.5) is 13.2 Å². The van der Waals surface area contributed by atoms with Crippen LogP contribution in [0.2, 0.25) is 0 Å². The Kier molecular flexibility index (Phi) is 6.28. The van der Waals surface area contributed by atoms with E-state index >= 15 is 0 Å². The Balaban J connectivity index is 1.86. The van der Waals surface area contributed by atoms with Gasteiger partial charge in [-0.15, -0.1) is 0 Å². The van der Waals surface area contributed by atoms with Gasteiger partial charge in [0.05, 0.1) is 23.7 Å². The Bertz CT molecular complexity index is 1050. The quantitative estimate of drug-likeness (QED) is 0.544. The zero-order chi connectivity index (χ0) is 22.1. The number of halogens is 3. The SMILES string of the molecule is [B]c1ccc(S(=O)(=O)NC2CCCc3c2cnn3CC(=O)OCC)cc1C(F)(F)F. The summed E-state index contributed by atoms with van der Waals surface area (Å²) in [6.07, 6.45) is -1.66. The largest absolute Gasteiger partial charge is 0.465 e. The summed E-state index contributed by atoms with van der Waals surface area (Å²) >= 11 is 0. The van der Waals surface area contributed by atoms with Gasteiger partial charge in [-0.25, -0.2) is 13.1 Å². The van der Waals surface area contributed by atoms with Gasteiger partial charge in [-0.1, -0.05) is 11.5 Å². The molecule has 1 atom stereocenters. The normalized spacial score (nSPS) is 16.9. The third kappa shape index (κ3) is 4.70. The van der Waals surface area contributed by atoms with Crippen molar-refractivity contribution in [2.24, 2.45) is 0 Å². The third-order valence-electron chi connectivity index (χ3n) is 4.78. The van der Waals surface area contributed by atoms with Gasteiger partial charge >= 0.3 is 12.1 Å². The molecule has 1 aromatic heterocycles. The molecule has 30 heavy (non-hydrogen) atoms. The smallest absolute Gasteiger partial charge is 0.415 e. The van der Waals surface area contributed by atoms with Gasteiger partial charge in [0.25, 0.3) is 0 Å². The van der Waals surface area contributed by atoms with E-state index in [1.807, 2.05) is 0 Å². The van der Waals surface area contributed by atoms with Crippen molar-refractivity contribution in [1.29, 1.82) is 0 Å². The Morgan fingerprint density at radius 2 is 2.13 bits per heavy atom. The number of ether oxygens (including phenoxy) is 1. The van der Waals surface area contributed by atoms with E-state index in [-0.39, 0.29) is 13.2 Å². The van der Waals surface area contributed by atoms with Crippen LogP contribution in [-0.2, 0) is 38.7 Å². The number of alkyl halides is 3. The summed E-state index contributed by atoms with van der Waals surface area (Å²) in [6.45, 7) is 1.81. The molecule has 2 radical (unpaired) electrons. The molecular formula is C18H19BF3N3O4S. The van der Waals surface area contributed by atoms with Gasteiger partial charge in [-0.2, -0.15) is 18.3 Å². The predicted molar refractivity (Wildman–Crippen MR) is 102 cm³/mol. The van der Waals surface area contributed by atoms with Crippen LogP contribution in [0.5, 0.6) is 0 Å². The number of aromatic nitrogens is 2. The number of carbonyl (C=O) groups is 1. The van der Waals surface area contributed by atoms with Gasteiger partial charge in [0.1, 0.15) is 14.4 Å². The molecule has 2 aromatic rings. The lowest BCUT2D eigenvalue weighted by Crippen LogP contribution is -2.32. The van der Waals surface area contributed by atoms with Crippen LogP contribution in [-0.4, -0.2) is 38.6 Å². The van der Waals surface area contributed by atoms with E-state index in [1.54, 1.807) is 6.92 Å². The van der Waals surface area contributed by atoms with Crippen molar-refractivity contribution in [3.63, 3.8) is 0 Å². The Labute approximate surface area is 173 Å². The standard InChI is InChI=1S/C18H19BF3N3O4S/c1-2-29-17(26)10-25-16-5-3-4-15(12(16)9-23-25)24-30(27,28)11-6-7-14(19)13(8-11)18(20,21)22/h6-9,15,24H,2-5,10H2,1H3. The van der Waals surface area contributed by atoms with Crippen molar-refractivity contribution < 1.29 is 31.1 Å². The molecule has 0 spiro atoms. The molecule has 0 saturated carbocycles.